The first-order valence-electron chi connectivity index (χ1n) is 8.92. The Bertz CT molecular complexity index is 1140. The molecule has 30 heavy (non-hydrogen) atoms. The summed E-state index contributed by atoms with van der Waals surface area (Å²) in [6.07, 6.45) is 5.82. The fourth-order valence-corrected chi connectivity index (χ4v) is 4.12. The molecule has 0 unspecified atom stereocenters. The predicted molar refractivity (Wildman–Crippen MR) is 115 cm³/mol. The van der Waals surface area contributed by atoms with Gasteiger partial charge in [0.1, 0.15) is 5.75 Å². The van der Waals surface area contributed by atoms with Crippen molar-refractivity contribution in [3.05, 3.63) is 84.2 Å². The van der Waals surface area contributed by atoms with Gasteiger partial charge in [-0.3, -0.25) is 4.98 Å². The number of ether oxygens (including phenoxy) is 2. The highest BCUT2D eigenvalue weighted by molar-refractivity contribution is 7.93. The molecule has 0 spiro atoms. The minimum absolute atomic E-state index is 0.0679. The quantitative estimate of drug-likeness (QED) is 0.589. The summed E-state index contributed by atoms with van der Waals surface area (Å²) in [7, 11) is -1.62. The van der Waals surface area contributed by atoms with E-state index in [9.17, 15) is 13.2 Å². The molecule has 8 heteroatoms. The largest absolute Gasteiger partial charge is 0.497 e. The molecule has 0 saturated heterocycles. The van der Waals surface area contributed by atoms with Crippen molar-refractivity contribution < 1.29 is 22.7 Å². The summed E-state index contributed by atoms with van der Waals surface area (Å²) < 4.78 is 37.1. The van der Waals surface area contributed by atoms with Crippen LogP contribution in [0, 0.1) is 0 Å². The molecule has 2 aromatic carbocycles. The van der Waals surface area contributed by atoms with Gasteiger partial charge in [0, 0.05) is 12.4 Å². The van der Waals surface area contributed by atoms with E-state index in [2.05, 4.69) is 4.98 Å². The summed E-state index contributed by atoms with van der Waals surface area (Å²) in [5.41, 5.74) is 1.57. The summed E-state index contributed by atoms with van der Waals surface area (Å²) in [6, 6.07) is 16.1. The van der Waals surface area contributed by atoms with Crippen molar-refractivity contribution in [1.29, 1.82) is 0 Å². The van der Waals surface area contributed by atoms with Crippen molar-refractivity contribution in [2.75, 3.05) is 18.5 Å². The Morgan fingerprint density at radius 1 is 0.933 bits per heavy atom. The first-order valence-corrected chi connectivity index (χ1v) is 10.4. The average Bonchev–Trinajstić information content (AvgIpc) is 2.79. The molecule has 0 radical (unpaired) electrons. The molecule has 0 aliphatic heterocycles. The van der Waals surface area contributed by atoms with Crippen molar-refractivity contribution in [2.24, 2.45) is 0 Å². The molecule has 0 aliphatic rings. The van der Waals surface area contributed by atoms with Gasteiger partial charge in [-0.25, -0.2) is 13.2 Å². The molecule has 0 bridgehead atoms. The number of methoxy groups -OCH3 is 2. The smallest absolute Gasteiger partial charge is 0.428 e. The number of anilines is 1. The van der Waals surface area contributed by atoms with Crippen molar-refractivity contribution in [3.8, 4) is 5.75 Å². The number of carbonyl (C=O) groups excluding carboxylic acids is 1. The van der Waals surface area contributed by atoms with E-state index in [1.165, 1.54) is 31.4 Å². The zero-order valence-corrected chi connectivity index (χ0v) is 17.2. The predicted octanol–water partition coefficient (Wildman–Crippen LogP) is 4.22. The number of rotatable bonds is 6. The highest BCUT2D eigenvalue weighted by Gasteiger charge is 2.33. The van der Waals surface area contributed by atoms with Gasteiger partial charge in [-0.05, 0) is 53.6 Å². The third kappa shape index (κ3) is 4.49. The maximum absolute atomic E-state index is 13.3. The standard InChI is InChI=1S/C22H20N2O5S/c1-28-19-9-11-20(12-10-19)30(26,27)24(22(25)29-2)21-6-4-3-5-18(21)8-7-17-13-15-23-16-14-17/h3-16H,1-2H3. The van der Waals surface area contributed by atoms with Gasteiger partial charge in [-0.1, -0.05) is 30.4 Å². The lowest BCUT2D eigenvalue weighted by molar-refractivity contribution is 0.183. The number of pyridine rings is 1. The van der Waals surface area contributed by atoms with Crippen LogP contribution < -0.4 is 9.04 Å². The minimum atomic E-state index is -4.24. The van der Waals surface area contributed by atoms with Gasteiger partial charge in [0.25, 0.3) is 10.0 Å². The lowest BCUT2D eigenvalue weighted by Crippen LogP contribution is -2.37. The van der Waals surface area contributed by atoms with Gasteiger partial charge in [-0.15, -0.1) is 0 Å². The van der Waals surface area contributed by atoms with E-state index in [4.69, 9.17) is 9.47 Å². The van der Waals surface area contributed by atoms with E-state index >= 15 is 0 Å². The molecule has 0 saturated carbocycles. The molecular formula is C22H20N2O5S. The molecular weight excluding hydrogens is 404 g/mol. The molecule has 1 aromatic heterocycles. The Kier molecular flexibility index (Phi) is 6.48. The van der Waals surface area contributed by atoms with Crippen LogP contribution in [0.25, 0.3) is 12.2 Å². The van der Waals surface area contributed by atoms with Crippen molar-refractivity contribution in [2.45, 2.75) is 4.90 Å². The fraction of sp³-hybridized carbons (Fsp3) is 0.0909. The second kappa shape index (κ2) is 9.23. The van der Waals surface area contributed by atoms with Gasteiger partial charge in [0.15, 0.2) is 0 Å². The van der Waals surface area contributed by atoms with Gasteiger partial charge in [-0.2, -0.15) is 4.31 Å². The van der Waals surface area contributed by atoms with Gasteiger partial charge >= 0.3 is 6.09 Å². The maximum Gasteiger partial charge on any atom is 0.428 e. The number of para-hydroxylation sites is 1. The number of nitrogens with zero attached hydrogens (tertiary/aromatic N) is 2. The molecule has 0 fully saturated rings. The van der Waals surface area contributed by atoms with Crippen LogP contribution in [-0.2, 0) is 14.8 Å². The molecule has 154 valence electrons. The number of hydrogen-bond donors (Lipinski definition) is 0. The Morgan fingerprint density at radius 3 is 2.23 bits per heavy atom. The highest BCUT2D eigenvalue weighted by Crippen LogP contribution is 2.30. The van der Waals surface area contributed by atoms with Crippen LogP contribution in [0.3, 0.4) is 0 Å². The van der Waals surface area contributed by atoms with E-state index in [0.29, 0.717) is 15.6 Å². The van der Waals surface area contributed by atoms with Crippen LogP contribution in [0.1, 0.15) is 11.1 Å². The lowest BCUT2D eigenvalue weighted by Gasteiger charge is -2.23. The van der Waals surface area contributed by atoms with Crippen LogP contribution in [0.5, 0.6) is 5.75 Å². The lowest BCUT2D eigenvalue weighted by atomic mass is 10.1. The summed E-state index contributed by atoms with van der Waals surface area (Å²) in [5, 5.41) is 0. The number of amides is 1. The number of carbonyl (C=O) groups is 1. The summed E-state index contributed by atoms with van der Waals surface area (Å²) in [4.78, 5) is 16.4. The van der Waals surface area contributed by atoms with Crippen LogP contribution in [0.2, 0.25) is 0 Å². The molecule has 3 rings (SSSR count). The molecule has 1 heterocycles. The first-order chi connectivity index (χ1) is 14.5. The van der Waals surface area contributed by atoms with Gasteiger partial charge < -0.3 is 9.47 Å². The second-order valence-electron chi connectivity index (χ2n) is 6.09. The fourth-order valence-electron chi connectivity index (χ4n) is 2.74. The SMILES string of the molecule is COC(=O)N(c1ccccc1C=Cc1ccncc1)S(=O)(=O)c1ccc(OC)cc1. The third-order valence-corrected chi connectivity index (χ3v) is 5.95. The molecule has 0 aliphatic carbocycles. The van der Waals surface area contributed by atoms with Crippen LogP contribution in [0.4, 0.5) is 10.5 Å². The van der Waals surface area contributed by atoms with E-state index in [1.807, 2.05) is 12.1 Å². The summed E-state index contributed by atoms with van der Waals surface area (Å²) in [5.74, 6) is 0.499. The van der Waals surface area contributed by atoms with Crippen molar-refractivity contribution in [1.82, 2.24) is 4.98 Å². The Hall–Kier alpha value is -3.65. The van der Waals surface area contributed by atoms with Crippen molar-refractivity contribution in [3.63, 3.8) is 0 Å². The van der Waals surface area contributed by atoms with Gasteiger partial charge in [0.05, 0.1) is 24.8 Å². The minimum Gasteiger partial charge on any atom is -0.497 e. The van der Waals surface area contributed by atoms with Gasteiger partial charge in [0.2, 0.25) is 0 Å². The second-order valence-corrected chi connectivity index (χ2v) is 7.87. The topological polar surface area (TPSA) is 85.8 Å². The van der Waals surface area contributed by atoms with E-state index in [-0.39, 0.29) is 10.6 Å². The zero-order chi connectivity index (χ0) is 21.6. The Balaban J connectivity index is 2.08. The molecule has 0 atom stereocenters. The molecule has 1 amide bonds. The van der Waals surface area contributed by atoms with Crippen LogP contribution in [0.15, 0.2) is 78.0 Å². The summed E-state index contributed by atoms with van der Waals surface area (Å²) in [6.45, 7) is 0. The molecule has 0 N–H and O–H groups in total. The highest BCUT2D eigenvalue weighted by atomic mass is 32.2. The first kappa shape index (κ1) is 21.1. The number of hydrogen-bond acceptors (Lipinski definition) is 6. The normalized spacial score (nSPS) is 11.3. The summed E-state index contributed by atoms with van der Waals surface area (Å²) >= 11 is 0. The van der Waals surface area contributed by atoms with Crippen LogP contribution >= 0.6 is 0 Å². The number of sulfonamides is 1. The Labute approximate surface area is 175 Å². The van der Waals surface area contributed by atoms with E-state index in [1.54, 1.807) is 48.8 Å². The molecule has 3 aromatic rings. The number of aromatic nitrogens is 1. The van der Waals surface area contributed by atoms with Crippen LogP contribution in [-0.4, -0.2) is 33.7 Å². The Morgan fingerprint density at radius 2 is 1.60 bits per heavy atom. The monoisotopic (exact) mass is 424 g/mol. The zero-order valence-electron chi connectivity index (χ0n) is 16.4. The third-order valence-electron chi connectivity index (χ3n) is 4.26. The maximum atomic E-state index is 13.3. The number of benzene rings is 2. The van der Waals surface area contributed by atoms with E-state index < -0.39 is 16.1 Å². The van der Waals surface area contributed by atoms with Crippen molar-refractivity contribution >= 4 is 34.0 Å². The average molecular weight is 424 g/mol. The van der Waals surface area contributed by atoms with E-state index in [0.717, 1.165) is 12.7 Å². The molecule has 7 nitrogen and oxygen atoms in total.